The lowest BCUT2D eigenvalue weighted by molar-refractivity contribution is 0.101. The number of hydrogen-bond acceptors (Lipinski definition) is 4. The van der Waals surface area contributed by atoms with E-state index < -0.39 is 0 Å². The van der Waals surface area contributed by atoms with Crippen LogP contribution in [0.4, 0.5) is 11.4 Å². The first-order valence-electron chi connectivity index (χ1n) is 11.2. The molecule has 0 unspecified atom stereocenters. The maximum absolute atomic E-state index is 12.8. The zero-order chi connectivity index (χ0) is 23.9. The minimum absolute atomic E-state index is 0.222. The van der Waals surface area contributed by atoms with E-state index in [1.165, 1.54) is 0 Å². The van der Waals surface area contributed by atoms with Crippen LogP contribution in [0, 0.1) is 0 Å². The molecule has 6 heteroatoms. The van der Waals surface area contributed by atoms with Crippen molar-refractivity contribution in [3.05, 3.63) is 96.1 Å². The number of nitrogens with one attached hydrogen (secondary N) is 2. The van der Waals surface area contributed by atoms with Crippen LogP contribution in [0.25, 0.3) is 10.8 Å². The van der Waals surface area contributed by atoms with Crippen molar-refractivity contribution in [1.82, 2.24) is 0 Å². The van der Waals surface area contributed by atoms with E-state index in [2.05, 4.69) is 10.6 Å². The predicted molar refractivity (Wildman–Crippen MR) is 135 cm³/mol. The van der Waals surface area contributed by atoms with Crippen LogP contribution in [0.15, 0.2) is 84.9 Å². The van der Waals surface area contributed by atoms with E-state index in [-0.39, 0.29) is 11.8 Å². The molecule has 2 amide bonds. The molecule has 0 aliphatic heterocycles. The molecule has 0 heterocycles. The van der Waals surface area contributed by atoms with Crippen molar-refractivity contribution >= 4 is 34.0 Å². The first-order valence-corrected chi connectivity index (χ1v) is 11.2. The largest absolute Gasteiger partial charge is 0.494 e. The third-order valence-electron chi connectivity index (χ3n) is 5.21. The van der Waals surface area contributed by atoms with Crippen molar-refractivity contribution in [2.75, 3.05) is 23.8 Å². The summed E-state index contributed by atoms with van der Waals surface area (Å²) in [5.41, 5.74) is 2.24. The number of hydrogen-bond donors (Lipinski definition) is 2. The molecule has 4 rings (SSSR count). The summed E-state index contributed by atoms with van der Waals surface area (Å²) in [5.74, 6) is 0.619. The lowest BCUT2D eigenvalue weighted by Gasteiger charge is -2.12. The van der Waals surface area contributed by atoms with Crippen molar-refractivity contribution in [3.8, 4) is 11.5 Å². The Morgan fingerprint density at radius 3 is 1.97 bits per heavy atom. The van der Waals surface area contributed by atoms with Crippen LogP contribution in [0.1, 0.15) is 34.6 Å². The summed E-state index contributed by atoms with van der Waals surface area (Å²) in [6, 6.07) is 25.5. The molecule has 4 aromatic carbocycles. The van der Waals surface area contributed by atoms with Gasteiger partial charge in [-0.15, -0.1) is 0 Å². The van der Waals surface area contributed by atoms with Gasteiger partial charge in [0.05, 0.1) is 13.2 Å². The first kappa shape index (κ1) is 22.9. The minimum atomic E-state index is -0.296. The van der Waals surface area contributed by atoms with E-state index in [9.17, 15) is 9.59 Å². The SMILES string of the molecule is CCOc1cc(OCC)cc(C(=O)Nc2ccc(C(=O)Nc3cccc4ccccc34)cc2)c1. The van der Waals surface area contributed by atoms with Gasteiger partial charge in [0.25, 0.3) is 11.8 Å². The van der Waals surface area contributed by atoms with Gasteiger partial charge in [-0.3, -0.25) is 9.59 Å². The Morgan fingerprint density at radius 1 is 0.676 bits per heavy atom. The summed E-state index contributed by atoms with van der Waals surface area (Å²) in [5, 5.41) is 7.85. The number of ether oxygens (including phenoxy) is 2. The summed E-state index contributed by atoms with van der Waals surface area (Å²) < 4.78 is 11.1. The van der Waals surface area contributed by atoms with Crippen LogP contribution in [0.5, 0.6) is 11.5 Å². The normalized spacial score (nSPS) is 10.5. The fourth-order valence-corrected chi connectivity index (χ4v) is 3.64. The van der Waals surface area contributed by atoms with Gasteiger partial charge in [-0.1, -0.05) is 36.4 Å². The van der Waals surface area contributed by atoms with Crippen LogP contribution in [0.3, 0.4) is 0 Å². The number of benzene rings is 4. The lowest BCUT2D eigenvalue weighted by Crippen LogP contribution is -2.14. The molecule has 0 bridgehead atoms. The maximum Gasteiger partial charge on any atom is 0.255 e. The zero-order valence-electron chi connectivity index (χ0n) is 19.1. The highest BCUT2D eigenvalue weighted by Gasteiger charge is 2.12. The van der Waals surface area contributed by atoms with E-state index >= 15 is 0 Å². The molecule has 0 aliphatic rings. The number of carbonyl (C=O) groups excluding carboxylic acids is 2. The second kappa shape index (κ2) is 10.5. The Balaban J connectivity index is 1.46. The number of fused-ring (bicyclic) bond motifs is 1. The molecular formula is C28H26N2O4. The Kier molecular flexibility index (Phi) is 7.08. The van der Waals surface area contributed by atoms with Gasteiger partial charge in [0.1, 0.15) is 11.5 Å². The van der Waals surface area contributed by atoms with Gasteiger partial charge < -0.3 is 20.1 Å². The Morgan fingerprint density at radius 2 is 1.29 bits per heavy atom. The second-order valence-electron chi connectivity index (χ2n) is 7.57. The summed E-state index contributed by atoms with van der Waals surface area (Å²) >= 11 is 0. The third kappa shape index (κ3) is 5.35. The molecule has 0 radical (unpaired) electrons. The number of anilines is 2. The quantitative estimate of drug-likeness (QED) is 0.335. The average molecular weight is 455 g/mol. The molecule has 0 aliphatic carbocycles. The molecule has 0 saturated heterocycles. The van der Waals surface area contributed by atoms with Gasteiger partial charge in [-0.05, 0) is 61.7 Å². The van der Waals surface area contributed by atoms with Crippen LogP contribution >= 0.6 is 0 Å². The van der Waals surface area contributed by atoms with E-state index in [1.807, 2.05) is 56.3 Å². The fraction of sp³-hybridized carbons (Fsp3) is 0.143. The monoisotopic (exact) mass is 454 g/mol. The number of rotatable bonds is 8. The molecule has 0 fully saturated rings. The zero-order valence-corrected chi connectivity index (χ0v) is 19.1. The van der Waals surface area contributed by atoms with E-state index in [4.69, 9.17) is 9.47 Å². The van der Waals surface area contributed by atoms with Crippen LogP contribution in [-0.2, 0) is 0 Å². The van der Waals surface area contributed by atoms with Crippen LogP contribution < -0.4 is 20.1 Å². The second-order valence-corrected chi connectivity index (χ2v) is 7.57. The molecule has 172 valence electrons. The van der Waals surface area contributed by atoms with Crippen LogP contribution in [0.2, 0.25) is 0 Å². The number of amides is 2. The molecule has 6 nitrogen and oxygen atoms in total. The molecule has 0 spiro atoms. The van der Waals surface area contributed by atoms with Crippen molar-refractivity contribution in [1.29, 1.82) is 0 Å². The first-order chi connectivity index (χ1) is 16.6. The van der Waals surface area contributed by atoms with Crippen molar-refractivity contribution in [2.45, 2.75) is 13.8 Å². The van der Waals surface area contributed by atoms with Crippen molar-refractivity contribution in [3.63, 3.8) is 0 Å². The minimum Gasteiger partial charge on any atom is -0.494 e. The average Bonchev–Trinajstić information content (AvgIpc) is 2.85. The molecule has 0 saturated carbocycles. The fourth-order valence-electron chi connectivity index (χ4n) is 3.64. The lowest BCUT2D eigenvalue weighted by atomic mass is 10.1. The van der Waals surface area contributed by atoms with Crippen LogP contribution in [-0.4, -0.2) is 25.0 Å². The van der Waals surface area contributed by atoms with Gasteiger partial charge >= 0.3 is 0 Å². The third-order valence-corrected chi connectivity index (χ3v) is 5.21. The molecule has 0 atom stereocenters. The summed E-state index contributed by atoms with van der Waals surface area (Å²) in [6.07, 6.45) is 0. The molecule has 0 aromatic heterocycles. The topological polar surface area (TPSA) is 76.7 Å². The van der Waals surface area contributed by atoms with Crippen molar-refractivity contribution in [2.24, 2.45) is 0 Å². The highest BCUT2D eigenvalue weighted by Crippen LogP contribution is 2.25. The van der Waals surface area contributed by atoms with E-state index in [0.717, 1.165) is 16.5 Å². The van der Waals surface area contributed by atoms with Gasteiger partial charge in [-0.2, -0.15) is 0 Å². The smallest absolute Gasteiger partial charge is 0.255 e. The Bertz CT molecular complexity index is 1290. The standard InChI is InChI=1S/C28H26N2O4/c1-3-33-23-16-21(17-24(18-23)34-4-2)28(32)29-22-14-12-20(13-15-22)27(31)30-26-11-7-9-19-8-5-6-10-25(19)26/h5-18H,3-4H2,1-2H3,(H,29,32)(H,30,31). The van der Waals surface area contributed by atoms with Gasteiger partial charge in [0.15, 0.2) is 0 Å². The molecule has 34 heavy (non-hydrogen) atoms. The molecular weight excluding hydrogens is 428 g/mol. The molecule has 4 aromatic rings. The number of carbonyl (C=O) groups is 2. The van der Waals surface area contributed by atoms with Gasteiger partial charge in [-0.25, -0.2) is 0 Å². The highest BCUT2D eigenvalue weighted by atomic mass is 16.5. The van der Waals surface area contributed by atoms with E-state index in [1.54, 1.807) is 42.5 Å². The Hall–Kier alpha value is -4.32. The van der Waals surface area contributed by atoms with Gasteiger partial charge in [0, 0.05) is 34.0 Å². The predicted octanol–water partition coefficient (Wildman–Crippen LogP) is 6.14. The van der Waals surface area contributed by atoms with Gasteiger partial charge in [0.2, 0.25) is 0 Å². The maximum atomic E-state index is 12.8. The molecule has 2 N–H and O–H groups in total. The highest BCUT2D eigenvalue weighted by molar-refractivity contribution is 6.09. The van der Waals surface area contributed by atoms with Crippen molar-refractivity contribution < 1.29 is 19.1 Å². The summed E-state index contributed by atoms with van der Waals surface area (Å²) in [6.45, 7) is 4.73. The summed E-state index contributed by atoms with van der Waals surface area (Å²) in [7, 11) is 0. The Labute approximate surface area is 198 Å². The summed E-state index contributed by atoms with van der Waals surface area (Å²) in [4.78, 5) is 25.6. The van der Waals surface area contributed by atoms with E-state index in [0.29, 0.717) is 41.5 Å².